The number of carbonyl (C=O) groups excluding carboxylic acids is 2. The van der Waals surface area contributed by atoms with Crippen LogP contribution >= 0.6 is 0 Å². The average molecular weight is 467 g/mol. The van der Waals surface area contributed by atoms with Gasteiger partial charge in [-0.3, -0.25) is 14.5 Å². The number of aliphatic hydroxyl groups is 1. The summed E-state index contributed by atoms with van der Waals surface area (Å²) in [6.07, 6.45) is 0.715. The van der Waals surface area contributed by atoms with Crippen molar-refractivity contribution in [2.24, 2.45) is 0 Å². The SMILES string of the molecule is COc1ccc(C(O)=C2C(=O)C(=O)N(CCCN3CCOCC3)[C@H]2c2ccccc2)cc1OC. The fourth-order valence-electron chi connectivity index (χ4n) is 4.52. The second-order valence-electron chi connectivity index (χ2n) is 8.28. The zero-order valence-corrected chi connectivity index (χ0v) is 19.5. The highest BCUT2D eigenvalue weighted by molar-refractivity contribution is 6.46. The Hall–Kier alpha value is -3.36. The van der Waals surface area contributed by atoms with Gasteiger partial charge in [-0.1, -0.05) is 30.3 Å². The number of morpholine rings is 1. The number of hydrogen-bond acceptors (Lipinski definition) is 7. The molecule has 0 saturated carbocycles. The zero-order chi connectivity index (χ0) is 24.1. The monoisotopic (exact) mass is 466 g/mol. The molecule has 0 bridgehead atoms. The molecule has 2 heterocycles. The van der Waals surface area contributed by atoms with Crippen molar-refractivity contribution in [3.05, 3.63) is 65.2 Å². The third-order valence-corrected chi connectivity index (χ3v) is 6.29. The minimum Gasteiger partial charge on any atom is -0.507 e. The molecule has 2 aromatic rings. The van der Waals surface area contributed by atoms with Gasteiger partial charge in [-0.05, 0) is 30.2 Å². The molecule has 2 aromatic carbocycles. The lowest BCUT2D eigenvalue weighted by Gasteiger charge is -2.29. The molecule has 1 amide bonds. The van der Waals surface area contributed by atoms with Crippen LogP contribution in [0.2, 0.25) is 0 Å². The van der Waals surface area contributed by atoms with Gasteiger partial charge < -0.3 is 24.2 Å². The van der Waals surface area contributed by atoms with Crippen LogP contribution in [0.25, 0.3) is 5.76 Å². The maximum Gasteiger partial charge on any atom is 0.295 e. The molecule has 1 atom stereocenters. The average Bonchev–Trinajstić information content (AvgIpc) is 3.14. The topological polar surface area (TPSA) is 88.5 Å². The van der Waals surface area contributed by atoms with Crippen LogP contribution in [0.1, 0.15) is 23.6 Å². The summed E-state index contributed by atoms with van der Waals surface area (Å²) in [5.41, 5.74) is 1.23. The van der Waals surface area contributed by atoms with E-state index in [4.69, 9.17) is 14.2 Å². The van der Waals surface area contributed by atoms with E-state index in [-0.39, 0.29) is 11.3 Å². The second-order valence-corrected chi connectivity index (χ2v) is 8.28. The van der Waals surface area contributed by atoms with Crippen LogP contribution in [0.4, 0.5) is 0 Å². The van der Waals surface area contributed by atoms with Crippen molar-refractivity contribution in [1.82, 2.24) is 9.80 Å². The van der Waals surface area contributed by atoms with Gasteiger partial charge in [0, 0.05) is 31.7 Å². The maximum absolute atomic E-state index is 13.2. The summed E-state index contributed by atoms with van der Waals surface area (Å²) < 4.78 is 16.0. The first-order valence-electron chi connectivity index (χ1n) is 11.4. The number of ketones is 1. The van der Waals surface area contributed by atoms with E-state index in [2.05, 4.69) is 4.90 Å². The van der Waals surface area contributed by atoms with Crippen LogP contribution in [0.15, 0.2) is 54.1 Å². The molecule has 0 aromatic heterocycles. The smallest absolute Gasteiger partial charge is 0.295 e. The molecule has 2 aliphatic heterocycles. The number of likely N-dealkylation sites (tertiary alicyclic amines) is 1. The normalized spacial score (nSPS) is 20.5. The first-order chi connectivity index (χ1) is 16.5. The molecule has 180 valence electrons. The van der Waals surface area contributed by atoms with Gasteiger partial charge in [-0.2, -0.15) is 0 Å². The van der Waals surface area contributed by atoms with E-state index < -0.39 is 17.7 Å². The highest BCUT2D eigenvalue weighted by atomic mass is 16.5. The Morgan fingerprint density at radius 1 is 1.00 bits per heavy atom. The van der Waals surface area contributed by atoms with Gasteiger partial charge >= 0.3 is 0 Å². The number of hydrogen-bond donors (Lipinski definition) is 1. The van der Waals surface area contributed by atoms with Crippen LogP contribution < -0.4 is 9.47 Å². The lowest BCUT2D eigenvalue weighted by atomic mass is 9.95. The number of benzene rings is 2. The van der Waals surface area contributed by atoms with Crippen molar-refractivity contribution < 1.29 is 28.9 Å². The highest BCUT2D eigenvalue weighted by Crippen LogP contribution is 2.40. The van der Waals surface area contributed by atoms with Gasteiger partial charge in [0.15, 0.2) is 11.5 Å². The van der Waals surface area contributed by atoms with Crippen LogP contribution in [-0.4, -0.2) is 80.2 Å². The molecule has 0 spiro atoms. The summed E-state index contributed by atoms with van der Waals surface area (Å²) in [4.78, 5) is 30.1. The Morgan fingerprint density at radius 3 is 2.38 bits per heavy atom. The van der Waals surface area contributed by atoms with E-state index in [1.54, 1.807) is 23.1 Å². The molecule has 0 aliphatic carbocycles. The van der Waals surface area contributed by atoms with Gasteiger partial charge in [0.2, 0.25) is 0 Å². The summed E-state index contributed by atoms with van der Waals surface area (Å²) in [6.45, 7) is 4.36. The number of rotatable bonds is 8. The van der Waals surface area contributed by atoms with Crippen LogP contribution in [0.5, 0.6) is 11.5 Å². The molecular formula is C26H30N2O6. The van der Waals surface area contributed by atoms with Crippen molar-refractivity contribution in [1.29, 1.82) is 0 Å². The van der Waals surface area contributed by atoms with Crippen LogP contribution in [0.3, 0.4) is 0 Å². The van der Waals surface area contributed by atoms with Crippen molar-refractivity contribution in [3.8, 4) is 11.5 Å². The summed E-state index contributed by atoms with van der Waals surface area (Å²) >= 11 is 0. The molecule has 2 saturated heterocycles. The molecular weight excluding hydrogens is 436 g/mol. The summed E-state index contributed by atoms with van der Waals surface area (Å²) in [7, 11) is 3.02. The fraction of sp³-hybridized carbons (Fsp3) is 0.385. The number of nitrogens with zero attached hydrogens (tertiary/aromatic N) is 2. The first kappa shape index (κ1) is 23.8. The van der Waals surface area contributed by atoms with E-state index in [1.807, 2.05) is 30.3 Å². The van der Waals surface area contributed by atoms with Gasteiger partial charge in [0.25, 0.3) is 11.7 Å². The number of amides is 1. The van der Waals surface area contributed by atoms with E-state index in [1.165, 1.54) is 14.2 Å². The van der Waals surface area contributed by atoms with Crippen molar-refractivity contribution in [2.45, 2.75) is 12.5 Å². The number of methoxy groups -OCH3 is 2. The quantitative estimate of drug-likeness (QED) is 0.364. The summed E-state index contributed by atoms with van der Waals surface area (Å²) in [6, 6.07) is 13.6. The second kappa shape index (κ2) is 10.7. The predicted molar refractivity (Wildman–Crippen MR) is 127 cm³/mol. The zero-order valence-electron chi connectivity index (χ0n) is 19.5. The Balaban J connectivity index is 1.67. The van der Waals surface area contributed by atoms with Crippen molar-refractivity contribution in [2.75, 3.05) is 53.6 Å². The standard InChI is InChI=1S/C26H30N2O6/c1-32-20-10-9-19(17-21(20)33-2)24(29)22-23(18-7-4-3-5-8-18)28(26(31)25(22)30)12-6-11-27-13-15-34-16-14-27/h3-5,7-10,17,23,29H,6,11-16H2,1-2H3/t23-/m0/s1. The lowest BCUT2D eigenvalue weighted by Crippen LogP contribution is -2.38. The minimum atomic E-state index is -0.687. The molecule has 2 fully saturated rings. The molecule has 0 unspecified atom stereocenters. The fourth-order valence-corrected chi connectivity index (χ4v) is 4.52. The minimum absolute atomic E-state index is 0.0785. The largest absolute Gasteiger partial charge is 0.507 e. The molecule has 0 radical (unpaired) electrons. The van der Waals surface area contributed by atoms with Crippen LogP contribution in [0, 0.1) is 0 Å². The third kappa shape index (κ3) is 4.78. The van der Waals surface area contributed by atoms with E-state index >= 15 is 0 Å². The Morgan fingerprint density at radius 2 is 1.71 bits per heavy atom. The first-order valence-corrected chi connectivity index (χ1v) is 11.4. The number of ether oxygens (including phenoxy) is 3. The van der Waals surface area contributed by atoms with Crippen molar-refractivity contribution in [3.63, 3.8) is 0 Å². The summed E-state index contributed by atoms with van der Waals surface area (Å²) in [5.74, 6) is -0.598. The molecule has 1 N–H and O–H groups in total. The van der Waals surface area contributed by atoms with Gasteiger partial charge in [0.05, 0.1) is 39.0 Å². The van der Waals surface area contributed by atoms with E-state index in [0.29, 0.717) is 43.2 Å². The van der Waals surface area contributed by atoms with Gasteiger partial charge in [-0.15, -0.1) is 0 Å². The lowest BCUT2D eigenvalue weighted by molar-refractivity contribution is -0.140. The predicted octanol–water partition coefficient (Wildman–Crippen LogP) is 2.85. The highest BCUT2D eigenvalue weighted by Gasteiger charge is 2.45. The van der Waals surface area contributed by atoms with Crippen molar-refractivity contribution >= 4 is 17.4 Å². The number of carbonyl (C=O) groups is 2. The van der Waals surface area contributed by atoms with Gasteiger partial charge in [0.1, 0.15) is 5.76 Å². The molecule has 34 heavy (non-hydrogen) atoms. The maximum atomic E-state index is 13.2. The molecule has 8 heteroatoms. The molecule has 4 rings (SSSR count). The Labute approximate surface area is 199 Å². The number of aliphatic hydroxyl groups excluding tert-OH is 1. The van der Waals surface area contributed by atoms with E-state index in [9.17, 15) is 14.7 Å². The summed E-state index contributed by atoms with van der Waals surface area (Å²) in [5, 5.41) is 11.2. The Kier molecular flexibility index (Phi) is 7.49. The molecule has 2 aliphatic rings. The number of Topliss-reactive ketones (excluding diaryl/α,β-unsaturated/α-hetero) is 1. The molecule has 8 nitrogen and oxygen atoms in total. The Bertz CT molecular complexity index is 1060. The van der Waals surface area contributed by atoms with Crippen LogP contribution in [-0.2, 0) is 14.3 Å². The third-order valence-electron chi connectivity index (χ3n) is 6.29. The van der Waals surface area contributed by atoms with Gasteiger partial charge in [-0.25, -0.2) is 0 Å². The van der Waals surface area contributed by atoms with E-state index in [0.717, 1.165) is 25.2 Å².